The number of fused-ring (bicyclic) bond motifs is 1. The molecule has 1 atom stereocenters. The summed E-state index contributed by atoms with van der Waals surface area (Å²) >= 11 is 0. The Morgan fingerprint density at radius 1 is 1.42 bits per heavy atom. The van der Waals surface area contributed by atoms with Gasteiger partial charge in [-0.3, -0.25) is 4.79 Å². The minimum Gasteiger partial charge on any atom is -0.481 e. The van der Waals surface area contributed by atoms with Gasteiger partial charge in [-0.1, -0.05) is 24.3 Å². The number of carboxylic acids is 1. The molecule has 1 unspecified atom stereocenters. The molecule has 0 amide bonds. The van der Waals surface area contributed by atoms with E-state index in [9.17, 15) is 4.79 Å². The van der Waals surface area contributed by atoms with E-state index < -0.39 is 5.97 Å². The lowest BCUT2D eigenvalue weighted by Crippen LogP contribution is -2.25. The van der Waals surface area contributed by atoms with Crippen LogP contribution in [-0.2, 0) is 17.8 Å². The van der Waals surface area contributed by atoms with Crippen LogP contribution in [0.3, 0.4) is 0 Å². The first-order valence-corrected chi connectivity index (χ1v) is 6.50. The van der Waals surface area contributed by atoms with Crippen LogP contribution in [0.2, 0.25) is 0 Å². The van der Waals surface area contributed by atoms with E-state index in [4.69, 9.17) is 5.11 Å². The number of carboxylic acid groups (broad SMARTS) is 1. The molecule has 98 valence electrons. The molecule has 0 spiro atoms. The summed E-state index contributed by atoms with van der Waals surface area (Å²) in [5, 5.41) is 9.09. The van der Waals surface area contributed by atoms with Crippen molar-refractivity contribution < 1.29 is 9.90 Å². The molecule has 4 nitrogen and oxygen atoms in total. The Hall–Kier alpha value is -2.10. The lowest BCUT2D eigenvalue weighted by atomic mass is 9.98. The Morgan fingerprint density at radius 3 is 2.95 bits per heavy atom. The number of rotatable bonds is 2. The third kappa shape index (κ3) is 2.14. The maximum atomic E-state index is 11.1. The van der Waals surface area contributed by atoms with E-state index in [0.717, 1.165) is 23.6 Å². The molecule has 0 aliphatic carbocycles. The summed E-state index contributed by atoms with van der Waals surface area (Å²) < 4.78 is 2.08. The molecule has 4 heteroatoms. The minimum atomic E-state index is -0.716. The highest BCUT2D eigenvalue weighted by atomic mass is 16.4. The van der Waals surface area contributed by atoms with Gasteiger partial charge in [-0.05, 0) is 18.9 Å². The van der Waals surface area contributed by atoms with E-state index in [2.05, 4.69) is 28.6 Å². The van der Waals surface area contributed by atoms with Gasteiger partial charge >= 0.3 is 5.97 Å². The van der Waals surface area contributed by atoms with Crippen LogP contribution >= 0.6 is 0 Å². The number of carbonyl (C=O) groups is 1. The predicted octanol–water partition coefficient (Wildman–Crippen LogP) is 2.51. The Morgan fingerprint density at radius 2 is 2.21 bits per heavy atom. The molecule has 1 aliphatic rings. The van der Waals surface area contributed by atoms with E-state index in [-0.39, 0.29) is 5.92 Å². The highest BCUT2D eigenvalue weighted by Gasteiger charge is 2.26. The van der Waals surface area contributed by atoms with Crippen molar-refractivity contribution in [2.45, 2.75) is 26.3 Å². The first-order chi connectivity index (χ1) is 9.15. The van der Waals surface area contributed by atoms with Crippen molar-refractivity contribution in [2.24, 2.45) is 5.92 Å². The van der Waals surface area contributed by atoms with Gasteiger partial charge in [0, 0.05) is 24.7 Å². The first-order valence-electron chi connectivity index (χ1n) is 6.50. The monoisotopic (exact) mass is 256 g/mol. The molecule has 2 aromatic rings. The van der Waals surface area contributed by atoms with Crippen LogP contribution in [0, 0.1) is 12.8 Å². The summed E-state index contributed by atoms with van der Waals surface area (Å²) in [6.45, 7) is 2.80. The molecule has 0 saturated carbocycles. The molecule has 3 rings (SSSR count). The maximum Gasteiger partial charge on any atom is 0.307 e. The fourth-order valence-corrected chi connectivity index (χ4v) is 2.63. The van der Waals surface area contributed by atoms with Crippen molar-refractivity contribution in [2.75, 3.05) is 0 Å². The summed E-state index contributed by atoms with van der Waals surface area (Å²) in [7, 11) is 0. The average molecular weight is 256 g/mol. The van der Waals surface area contributed by atoms with Gasteiger partial charge < -0.3 is 9.67 Å². The van der Waals surface area contributed by atoms with Crippen molar-refractivity contribution in [3.63, 3.8) is 0 Å². The molecule has 1 N–H and O–H groups in total. The highest BCUT2D eigenvalue weighted by molar-refractivity contribution is 5.70. The Bertz CT molecular complexity index is 631. The van der Waals surface area contributed by atoms with Crippen LogP contribution in [-0.4, -0.2) is 20.6 Å². The second-order valence-corrected chi connectivity index (χ2v) is 5.08. The normalized spacial score (nSPS) is 18.1. The van der Waals surface area contributed by atoms with E-state index in [1.807, 2.05) is 18.3 Å². The van der Waals surface area contributed by atoms with E-state index in [0.29, 0.717) is 12.8 Å². The minimum absolute atomic E-state index is 0.292. The maximum absolute atomic E-state index is 11.1. The first kappa shape index (κ1) is 12.0. The number of benzene rings is 1. The number of aromatic nitrogens is 2. The topological polar surface area (TPSA) is 55.1 Å². The van der Waals surface area contributed by atoms with Crippen LogP contribution in [0.15, 0.2) is 30.5 Å². The fraction of sp³-hybridized carbons (Fsp3) is 0.333. The van der Waals surface area contributed by atoms with Gasteiger partial charge in [0.25, 0.3) is 0 Å². The lowest BCUT2D eigenvalue weighted by molar-refractivity contribution is -0.142. The highest BCUT2D eigenvalue weighted by Crippen LogP contribution is 2.26. The van der Waals surface area contributed by atoms with Crippen molar-refractivity contribution in [1.82, 2.24) is 9.55 Å². The van der Waals surface area contributed by atoms with Gasteiger partial charge in [-0.25, -0.2) is 4.98 Å². The van der Waals surface area contributed by atoms with Crippen LogP contribution in [0.4, 0.5) is 0 Å². The van der Waals surface area contributed by atoms with Gasteiger partial charge in [0.2, 0.25) is 0 Å². The summed E-state index contributed by atoms with van der Waals surface area (Å²) in [6, 6.07) is 8.13. The van der Waals surface area contributed by atoms with Gasteiger partial charge in [-0.15, -0.1) is 0 Å². The summed E-state index contributed by atoms with van der Waals surface area (Å²) in [5.74, 6) is -0.122. The zero-order chi connectivity index (χ0) is 13.4. The van der Waals surface area contributed by atoms with Crippen molar-refractivity contribution in [3.05, 3.63) is 41.9 Å². The Kier molecular flexibility index (Phi) is 2.85. The number of hydrogen-bond acceptors (Lipinski definition) is 2. The third-order valence-corrected chi connectivity index (χ3v) is 3.78. The second kappa shape index (κ2) is 4.53. The number of aryl methyl sites for hydroxylation is 2. The number of aliphatic carboxylic acids is 1. The molecule has 0 fully saturated rings. The molecule has 19 heavy (non-hydrogen) atoms. The lowest BCUT2D eigenvalue weighted by Gasteiger charge is -2.19. The number of imidazole rings is 1. The van der Waals surface area contributed by atoms with Gasteiger partial charge in [0.05, 0.1) is 11.6 Å². The molecule has 0 bridgehead atoms. The van der Waals surface area contributed by atoms with Crippen LogP contribution < -0.4 is 0 Å². The molecular formula is C15H16N2O2. The molecule has 0 radical (unpaired) electrons. The number of hydrogen-bond donors (Lipinski definition) is 1. The van der Waals surface area contributed by atoms with E-state index in [1.54, 1.807) is 0 Å². The predicted molar refractivity (Wildman–Crippen MR) is 71.8 cm³/mol. The average Bonchev–Trinajstić information content (AvgIpc) is 2.81. The molecule has 2 heterocycles. The fourth-order valence-electron chi connectivity index (χ4n) is 2.63. The summed E-state index contributed by atoms with van der Waals surface area (Å²) in [5.41, 5.74) is 3.25. The second-order valence-electron chi connectivity index (χ2n) is 5.08. The molecule has 0 saturated heterocycles. The van der Waals surface area contributed by atoms with Crippen LogP contribution in [0.25, 0.3) is 11.3 Å². The molecule has 1 aromatic carbocycles. The summed E-state index contributed by atoms with van der Waals surface area (Å²) in [4.78, 5) is 15.7. The smallest absolute Gasteiger partial charge is 0.307 e. The third-order valence-electron chi connectivity index (χ3n) is 3.78. The van der Waals surface area contributed by atoms with Crippen LogP contribution in [0.1, 0.15) is 17.8 Å². The number of nitrogens with zero attached hydrogens (tertiary/aromatic N) is 2. The molecule has 1 aliphatic heterocycles. The molecular weight excluding hydrogens is 240 g/mol. The largest absolute Gasteiger partial charge is 0.481 e. The SMILES string of the molecule is Cc1ccccc1-c1cn2c(n1)CC(C(=O)O)CC2. The molecule has 1 aromatic heterocycles. The Labute approximate surface area is 111 Å². The zero-order valence-electron chi connectivity index (χ0n) is 10.8. The van der Waals surface area contributed by atoms with Gasteiger partial charge in [-0.2, -0.15) is 0 Å². The van der Waals surface area contributed by atoms with Crippen LogP contribution in [0.5, 0.6) is 0 Å². The van der Waals surface area contributed by atoms with Crippen molar-refractivity contribution in [1.29, 1.82) is 0 Å². The van der Waals surface area contributed by atoms with Crippen molar-refractivity contribution >= 4 is 5.97 Å². The van der Waals surface area contributed by atoms with E-state index >= 15 is 0 Å². The van der Waals surface area contributed by atoms with Gasteiger partial charge in [0.15, 0.2) is 0 Å². The van der Waals surface area contributed by atoms with Gasteiger partial charge in [0.1, 0.15) is 5.82 Å². The van der Waals surface area contributed by atoms with Crippen molar-refractivity contribution in [3.8, 4) is 11.3 Å². The van der Waals surface area contributed by atoms with E-state index in [1.165, 1.54) is 5.56 Å². The Balaban J connectivity index is 1.96. The quantitative estimate of drug-likeness (QED) is 0.898. The zero-order valence-corrected chi connectivity index (χ0v) is 10.8. The standard InChI is InChI=1S/C15H16N2O2/c1-10-4-2-3-5-12(10)13-9-17-7-6-11(15(18)19)8-14(17)16-13/h2-5,9,11H,6-8H2,1H3,(H,18,19). The summed E-state index contributed by atoms with van der Waals surface area (Å²) in [6.07, 6.45) is 3.25.